The third-order valence-electron chi connectivity index (χ3n) is 2.68. The monoisotopic (exact) mass is 338 g/mol. The van der Waals surface area contributed by atoms with Gasteiger partial charge in [0.15, 0.2) is 5.78 Å². The van der Waals surface area contributed by atoms with Crippen molar-refractivity contribution in [3.8, 4) is 0 Å². The van der Waals surface area contributed by atoms with Crippen molar-refractivity contribution in [2.75, 3.05) is 6.61 Å². The summed E-state index contributed by atoms with van der Waals surface area (Å²) in [5.41, 5.74) is 0.765. The van der Waals surface area contributed by atoms with E-state index in [1.807, 2.05) is 35.7 Å². The largest absolute Gasteiger partial charge is 0.376 e. The third-order valence-corrected chi connectivity index (χ3v) is 4.06. The topological polar surface area (TPSA) is 26.3 Å². The van der Waals surface area contributed by atoms with Crippen LogP contribution >= 0.6 is 27.3 Å². The van der Waals surface area contributed by atoms with E-state index in [1.165, 1.54) is 4.88 Å². The average molecular weight is 339 g/mol. The van der Waals surface area contributed by atoms with Gasteiger partial charge in [-0.3, -0.25) is 4.79 Å². The van der Waals surface area contributed by atoms with Crippen LogP contribution in [0.5, 0.6) is 0 Å². The quantitative estimate of drug-likeness (QED) is 0.540. The van der Waals surface area contributed by atoms with Gasteiger partial charge in [-0.05, 0) is 30.0 Å². The van der Waals surface area contributed by atoms with Gasteiger partial charge in [-0.25, -0.2) is 0 Å². The molecule has 0 aliphatic rings. The van der Waals surface area contributed by atoms with E-state index in [2.05, 4.69) is 22.0 Å². The molecule has 0 saturated carbocycles. The Balaban J connectivity index is 1.65. The van der Waals surface area contributed by atoms with E-state index < -0.39 is 0 Å². The molecule has 1 aromatic carbocycles. The second kappa shape index (κ2) is 7.58. The number of benzene rings is 1. The van der Waals surface area contributed by atoms with Gasteiger partial charge < -0.3 is 4.74 Å². The van der Waals surface area contributed by atoms with Gasteiger partial charge in [0.2, 0.25) is 0 Å². The van der Waals surface area contributed by atoms with Crippen LogP contribution < -0.4 is 0 Å². The van der Waals surface area contributed by atoms with Crippen molar-refractivity contribution in [1.82, 2.24) is 0 Å². The summed E-state index contributed by atoms with van der Waals surface area (Å²) in [6.07, 6.45) is 1.30. The standard InChI is InChI=1S/C15H15BrO2S/c16-13-7-5-12(6-8-13)15(17)4-1-9-18-11-14-3-2-10-19-14/h2-3,5-8,10H,1,4,9,11H2. The number of ether oxygens (including phenoxy) is 1. The summed E-state index contributed by atoms with van der Waals surface area (Å²) in [6.45, 7) is 1.27. The zero-order valence-electron chi connectivity index (χ0n) is 10.5. The molecule has 0 N–H and O–H groups in total. The van der Waals surface area contributed by atoms with E-state index in [0.29, 0.717) is 19.6 Å². The van der Waals surface area contributed by atoms with Crippen LogP contribution in [0.25, 0.3) is 0 Å². The predicted molar refractivity (Wildman–Crippen MR) is 81.7 cm³/mol. The maximum absolute atomic E-state index is 11.9. The summed E-state index contributed by atoms with van der Waals surface area (Å²) in [4.78, 5) is 13.1. The number of ketones is 1. The third kappa shape index (κ3) is 4.90. The van der Waals surface area contributed by atoms with E-state index in [4.69, 9.17) is 4.74 Å². The minimum absolute atomic E-state index is 0.173. The number of carbonyl (C=O) groups excluding carboxylic acids is 1. The van der Waals surface area contributed by atoms with E-state index in [-0.39, 0.29) is 5.78 Å². The zero-order valence-corrected chi connectivity index (χ0v) is 12.9. The van der Waals surface area contributed by atoms with Gasteiger partial charge >= 0.3 is 0 Å². The van der Waals surface area contributed by atoms with Crippen molar-refractivity contribution in [2.24, 2.45) is 0 Å². The second-order valence-electron chi connectivity index (χ2n) is 4.17. The van der Waals surface area contributed by atoms with Gasteiger partial charge in [-0.15, -0.1) is 11.3 Å². The number of thiophene rings is 1. The van der Waals surface area contributed by atoms with E-state index in [9.17, 15) is 4.79 Å². The average Bonchev–Trinajstić information content (AvgIpc) is 2.92. The fourth-order valence-electron chi connectivity index (χ4n) is 1.68. The highest BCUT2D eigenvalue weighted by molar-refractivity contribution is 9.10. The molecule has 0 aliphatic carbocycles. The highest BCUT2D eigenvalue weighted by Gasteiger charge is 2.05. The molecular weight excluding hydrogens is 324 g/mol. The highest BCUT2D eigenvalue weighted by atomic mass is 79.9. The van der Waals surface area contributed by atoms with Gasteiger partial charge in [-0.1, -0.05) is 34.1 Å². The SMILES string of the molecule is O=C(CCCOCc1cccs1)c1ccc(Br)cc1. The molecule has 0 spiro atoms. The molecule has 100 valence electrons. The van der Waals surface area contributed by atoms with Crippen LogP contribution in [-0.4, -0.2) is 12.4 Å². The smallest absolute Gasteiger partial charge is 0.162 e. The Hall–Kier alpha value is -0.970. The summed E-state index contributed by atoms with van der Waals surface area (Å²) >= 11 is 5.05. The fourth-order valence-corrected chi connectivity index (χ4v) is 2.59. The number of Topliss-reactive ketones (excluding diaryl/α,β-unsaturated/α-hetero) is 1. The van der Waals surface area contributed by atoms with Crippen molar-refractivity contribution >= 4 is 33.0 Å². The number of carbonyl (C=O) groups is 1. The molecule has 19 heavy (non-hydrogen) atoms. The predicted octanol–water partition coefficient (Wildman–Crippen LogP) is 4.69. The van der Waals surface area contributed by atoms with Crippen molar-refractivity contribution in [3.05, 3.63) is 56.7 Å². The Morgan fingerprint density at radius 2 is 2.00 bits per heavy atom. The Labute approximate surface area is 125 Å². The number of hydrogen-bond acceptors (Lipinski definition) is 3. The first-order valence-electron chi connectivity index (χ1n) is 6.14. The van der Waals surface area contributed by atoms with Gasteiger partial charge in [-0.2, -0.15) is 0 Å². The molecule has 0 amide bonds. The lowest BCUT2D eigenvalue weighted by Gasteiger charge is -2.03. The lowest BCUT2D eigenvalue weighted by atomic mass is 10.1. The molecule has 0 aliphatic heterocycles. The van der Waals surface area contributed by atoms with Crippen LogP contribution in [0.4, 0.5) is 0 Å². The molecule has 1 heterocycles. The summed E-state index contributed by atoms with van der Waals surface area (Å²) in [5, 5.41) is 2.04. The van der Waals surface area contributed by atoms with Crippen LogP contribution in [0.2, 0.25) is 0 Å². The zero-order chi connectivity index (χ0) is 13.5. The molecule has 0 radical (unpaired) electrons. The first-order valence-corrected chi connectivity index (χ1v) is 7.82. The van der Waals surface area contributed by atoms with Crippen molar-refractivity contribution in [3.63, 3.8) is 0 Å². The summed E-state index contributed by atoms with van der Waals surface area (Å²) < 4.78 is 6.52. The van der Waals surface area contributed by atoms with E-state index in [0.717, 1.165) is 16.5 Å². The van der Waals surface area contributed by atoms with Gasteiger partial charge in [0, 0.05) is 27.9 Å². The highest BCUT2D eigenvalue weighted by Crippen LogP contribution is 2.13. The maximum Gasteiger partial charge on any atom is 0.162 e. The molecule has 2 rings (SSSR count). The van der Waals surface area contributed by atoms with Crippen LogP contribution in [0, 0.1) is 0 Å². The summed E-state index contributed by atoms with van der Waals surface area (Å²) in [6, 6.07) is 11.5. The molecule has 1 aromatic heterocycles. The number of rotatable bonds is 7. The van der Waals surface area contributed by atoms with Gasteiger partial charge in [0.25, 0.3) is 0 Å². The number of halogens is 1. The Morgan fingerprint density at radius 1 is 1.21 bits per heavy atom. The van der Waals surface area contributed by atoms with Crippen molar-refractivity contribution in [1.29, 1.82) is 0 Å². The second-order valence-corrected chi connectivity index (χ2v) is 6.11. The molecule has 0 saturated heterocycles. The molecule has 0 fully saturated rings. The molecule has 2 nitrogen and oxygen atoms in total. The summed E-state index contributed by atoms with van der Waals surface area (Å²) in [7, 11) is 0. The van der Waals surface area contributed by atoms with E-state index >= 15 is 0 Å². The normalized spacial score (nSPS) is 10.6. The fraction of sp³-hybridized carbons (Fsp3) is 0.267. The lowest BCUT2D eigenvalue weighted by Crippen LogP contribution is -2.02. The first kappa shape index (κ1) is 14.4. The molecule has 4 heteroatoms. The Morgan fingerprint density at radius 3 is 2.68 bits per heavy atom. The molecule has 0 bridgehead atoms. The van der Waals surface area contributed by atoms with Crippen LogP contribution in [0.1, 0.15) is 28.1 Å². The van der Waals surface area contributed by atoms with Crippen LogP contribution in [0.3, 0.4) is 0 Å². The minimum atomic E-state index is 0.173. The Bertz CT molecular complexity index is 505. The van der Waals surface area contributed by atoms with Gasteiger partial charge in [0.05, 0.1) is 6.61 Å². The van der Waals surface area contributed by atoms with Crippen LogP contribution in [-0.2, 0) is 11.3 Å². The summed E-state index contributed by atoms with van der Waals surface area (Å²) in [5.74, 6) is 0.173. The minimum Gasteiger partial charge on any atom is -0.376 e. The van der Waals surface area contributed by atoms with Crippen molar-refractivity contribution < 1.29 is 9.53 Å². The van der Waals surface area contributed by atoms with Gasteiger partial charge in [0.1, 0.15) is 0 Å². The first-order chi connectivity index (χ1) is 9.25. The lowest BCUT2D eigenvalue weighted by molar-refractivity contribution is 0.0922. The Kier molecular flexibility index (Phi) is 5.76. The molecule has 2 aromatic rings. The van der Waals surface area contributed by atoms with Crippen LogP contribution in [0.15, 0.2) is 46.3 Å². The molecule has 0 unspecified atom stereocenters. The van der Waals surface area contributed by atoms with E-state index in [1.54, 1.807) is 11.3 Å². The molecular formula is C15H15BrO2S. The maximum atomic E-state index is 11.9. The van der Waals surface area contributed by atoms with Crippen molar-refractivity contribution in [2.45, 2.75) is 19.4 Å². The molecule has 0 atom stereocenters. The number of hydrogen-bond donors (Lipinski definition) is 0.